The van der Waals surface area contributed by atoms with Gasteiger partial charge in [-0.05, 0) is 67.7 Å². The Labute approximate surface area is 295 Å². The van der Waals surface area contributed by atoms with Crippen LogP contribution in [0.15, 0.2) is 30.9 Å². The minimum atomic E-state index is -0.220. The molecule has 0 unspecified atom stereocenters. The lowest BCUT2D eigenvalue weighted by Gasteiger charge is -2.54. The average Bonchev–Trinajstić information content (AvgIpc) is 3.09. The average molecular weight is 688 g/mol. The van der Waals surface area contributed by atoms with Crippen LogP contribution in [-0.2, 0) is 16.1 Å². The van der Waals surface area contributed by atoms with Crippen molar-refractivity contribution in [3.63, 3.8) is 0 Å². The number of anilines is 1. The quantitative estimate of drug-likeness (QED) is 0.301. The molecule has 4 saturated heterocycles. The highest BCUT2D eigenvalue weighted by Crippen LogP contribution is 2.53. The monoisotopic (exact) mass is 687 g/mol. The van der Waals surface area contributed by atoms with E-state index in [1.54, 1.807) is 6.20 Å². The van der Waals surface area contributed by atoms with Crippen LogP contribution in [0, 0.1) is 11.3 Å². The van der Waals surface area contributed by atoms with Crippen molar-refractivity contribution < 1.29 is 14.4 Å². The first kappa shape index (κ1) is 34.9. The van der Waals surface area contributed by atoms with Crippen LogP contribution in [0.4, 0.5) is 5.69 Å². The molecule has 5 aliphatic rings. The zero-order valence-electron chi connectivity index (χ0n) is 29.5. The lowest BCUT2D eigenvalue weighted by atomic mass is 9.57. The molecule has 0 atom stereocenters. The lowest BCUT2D eigenvalue weighted by Crippen LogP contribution is -2.59. The third kappa shape index (κ3) is 8.48. The molecule has 1 aliphatic carbocycles. The van der Waals surface area contributed by atoms with Crippen molar-refractivity contribution in [3.05, 3.63) is 47.8 Å². The third-order valence-electron chi connectivity index (χ3n) is 11.5. The van der Waals surface area contributed by atoms with Crippen molar-refractivity contribution in [2.75, 3.05) is 111 Å². The van der Waals surface area contributed by atoms with Crippen LogP contribution in [0.5, 0.6) is 0 Å². The molecule has 270 valence electrons. The van der Waals surface area contributed by atoms with E-state index in [1.165, 1.54) is 6.33 Å². The maximum Gasteiger partial charge on any atom is 0.274 e. The van der Waals surface area contributed by atoms with E-state index < -0.39 is 0 Å². The van der Waals surface area contributed by atoms with Gasteiger partial charge in [0.2, 0.25) is 11.8 Å². The minimum Gasteiger partial charge on any atom is -0.339 e. The molecule has 0 radical (unpaired) electrons. The highest BCUT2D eigenvalue weighted by molar-refractivity contribution is 6.02. The molecule has 6 heterocycles. The topological polar surface area (TPSA) is 142 Å². The number of piperidine rings is 1. The standard InChI is InChI=1S/C36H53N11O3/c1-43-8-14-46(15-9-43)33(49)23-45-12-10-44(11-13-45)22-27-3-6-47(7-4-27)35(50)34-31(42-32(48)21-38-20-30-2-5-37-26-41-30)16-28(19-40-34)29-17-36(18-29)24-39-25-36/h2,5,16,19,26-27,29,38-39H,3-4,6-15,17-18,20-25H2,1H3,(H,42,48). The zero-order chi connectivity index (χ0) is 34.5. The second-order valence-electron chi connectivity index (χ2n) is 15.2. The molecule has 3 N–H and O–H groups in total. The van der Waals surface area contributed by atoms with Gasteiger partial charge in [0.25, 0.3) is 5.91 Å². The van der Waals surface area contributed by atoms with Crippen LogP contribution in [-0.4, -0.2) is 162 Å². The molecule has 14 heteroatoms. The van der Waals surface area contributed by atoms with E-state index in [-0.39, 0.29) is 24.3 Å². The summed E-state index contributed by atoms with van der Waals surface area (Å²) in [6.45, 7) is 12.9. The predicted octanol–water partition coefficient (Wildman–Crippen LogP) is 0.311. The van der Waals surface area contributed by atoms with Crippen LogP contribution in [0.1, 0.15) is 53.3 Å². The number of hydrogen-bond acceptors (Lipinski definition) is 11. The number of amides is 3. The molecule has 14 nitrogen and oxygen atoms in total. The molecule has 4 aliphatic heterocycles. The van der Waals surface area contributed by atoms with E-state index in [4.69, 9.17) is 4.98 Å². The molecule has 3 amide bonds. The summed E-state index contributed by atoms with van der Waals surface area (Å²) in [5, 5.41) is 9.54. The first-order chi connectivity index (χ1) is 24.3. The summed E-state index contributed by atoms with van der Waals surface area (Å²) in [7, 11) is 2.11. The van der Waals surface area contributed by atoms with Gasteiger partial charge in [0, 0.05) is 104 Å². The zero-order valence-corrected chi connectivity index (χ0v) is 29.5. The van der Waals surface area contributed by atoms with E-state index >= 15 is 0 Å². The predicted molar refractivity (Wildman–Crippen MR) is 189 cm³/mol. The Bertz CT molecular complexity index is 1470. The number of likely N-dealkylation sites (N-methyl/N-ethyl adjacent to an activating group) is 1. The van der Waals surface area contributed by atoms with Crippen LogP contribution in [0.3, 0.4) is 0 Å². The number of rotatable bonds is 11. The third-order valence-corrected chi connectivity index (χ3v) is 11.5. The lowest BCUT2D eigenvalue weighted by molar-refractivity contribution is -0.134. The maximum absolute atomic E-state index is 13.9. The molecular formula is C36H53N11O3. The van der Waals surface area contributed by atoms with Gasteiger partial charge in [-0.1, -0.05) is 0 Å². The first-order valence-corrected chi connectivity index (χ1v) is 18.5. The number of aromatic nitrogens is 3. The number of nitrogens with zero attached hydrogens (tertiary/aromatic N) is 8. The Morgan fingerprint density at radius 3 is 2.34 bits per heavy atom. The fourth-order valence-corrected chi connectivity index (χ4v) is 8.19. The fraction of sp³-hybridized carbons (Fsp3) is 0.667. The highest BCUT2D eigenvalue weighted by Gasteiger charge is 2.49. The van der Waals surface area contributed by atoms with Gasteiger partial charge in [0.05, 0.1) is 24.5 Å². The van der Waals surface area contributed by atoms with E-state index in [2.05, 4.69) is 47.7 Å². The van der Waals surface area contributed by atoms with Gasteiger partial charge >= 0.3 is 0 Å². The Morgan fingerprint density at radius 1 is 0.920 bits per heavy atom. The fourth-order valence-electron chi connectivity index (χ4n) is 8.19. The molecule has 50 heavy (non-hydrogen) atoms. The minimum absolute atomic E-state index is 0.0896. The Hall–Kier alpha value is -3.56. The van der Waals surface area contributed by atoms with Crippen molar-refractivity contribution in [2.24, 2.45) is 11.3 Å². The number of piperazine rings is 2. The SMILES string of the molecule is CN1CCN(C(=O)CN2CCN(CC3CCN(C(=O)c4ncc(C5CC6(CNC6)C5)cc4NC(=O)CNCc4ccncn4)CC3)CC2)CC1. The maximum atomic E-state index is 13.9. The Kier molecular flexibility index (Phi) is 11.0. The van der Waals surface area contributed by atoms with E-state index in [1.807, 2.05) is 28.1 Å². The smallest absolute Gasteiger partial charge is 0.274 e. The molecule has 5 fully saturated rings. The van der Waals surface area contributed by atoms with Gasteiger partial charge in [-0.3, -0.25) is 19.3 Å². The summed E-state index contributed by atoms with van der Waals surface area (Å²) in [6, 6.07) is 3.79. The summed E-state index contributed by atoms with van der Waals surface area (Å²) < 4.78 is 0. The Balaban J connectivity index is 0.895. The van der Waals surface area contributed by atoms with Gasteiger partial charge in [0.15, 0.2) is 5.69 Å². The normalized spacial score (nSPS) is 22.3. The van der Waals surface area contributed by atoms with Gasteiger partial charge in [-0.15, -0.1) is 0 Å². The molecule has 2 aromatic heterocycles. The second kappa shape index (κ2) is 15.8. The highest BCUT2D eigenvalue weighted by atomic mass is 16.2. The summed E-state index contributed by atoms with van der Waals surface area (Å²) in [4.78, 5) is 63.6. The van der Waals surface area contributed by atoms with Crippen LogP contribution in [0.2, 0.25) is 0 Å². The van der Waals surface area contributed by atoms with Crippen molar-refractivity contribution >= 4 is 23.4 Å². The summed E-state index contributed by atoms with van der Waals surface area (Å²) in [5.41, 5.74) is 3.12. The molecule has 0 aromatic carbocycles. The molecular weight excluding hydrogens is 634 g/mol. The van der Waals surface area contributed by atoms with Crippen LogP contribution >= 0.6 is 0 Å². The van der Waals surface area contributed by atoms with Gasteiger partial charge < -0.3 is 35.6 Å². The van der Waals surface area contributed by atoms with Crippen LogP contribution in [0.25, 0.3) is 0 Å². The van der Waals surface area contributed by atoms with Crippen molar-refractivity contribution in [2.45, 2.75) is 38.1 Å². The van der Waals surface area contributed by atoms with Crippen molar-refractivity contribution in [1.82, 2.24) is 50.1 Å². The molecule has 7 rings (SSSR count). The summed E-state index contributed by atoms with van der Waals surface area (Å²) >= 11 is 0. The number of hydrogen-bond donors (Lipinski definition) is 3. The second-order valence-corrected chi connectivity index (χ2v) is 15.2. The number of nitrogens with one attached hydrogen (secondary N) is 3. The van der Waals surface area contributed by atoms with Gasteiger partial charge in [-0.2, -0.15) is 0 Å². The summed E-state index contributed by atoms with van der Waals surface area (Å²) in [5.74, 6) is 0.845. The summed E-state index contributed by atoms with van der Waals surface area (Å²) in [6.07, 6.45) is 9.12. The largest absolute Gasteiger partial charge is 0.339 e. The van der Waals surface area contributed by atoms with Crippen molar-refractivity contribution in [3.8, 4) is 0 Å². The van der Waals surface area contributed by atoms with Gasteiger partial charge in [0.1, 0.15) is 6.33 Å². The van der Waals surface area contributed by atoms with Crippen molar-refractivity contribution in [1.29, 1.82) is 0 Å². The van der Waals surface area contributed by atoms with Crippen LogP contribution < -0.4 is 16.0 Å². The molecule has 2 aromatic rings. The number of carbonyl (C=O) groups excluding carboxylic acids is 3. The van der Waals surface area contributed by atoms with Gasteiger partial charge in [-0.25, -0.2) is 15.0 Å². The number of carbonyl (C=O) groups is 3. The van der Waals surface area contributed by atoms with E-state index in [9.17, 15) is 14.4 Å². The number of pyridine rings is 1. The molecule has 1 saturated carbocycles. The van der Waals surface area contributed by atoms with E-state index in [0.717, 1.165) is 109 Å². The first-order valence-electron chi connectivity index (χ1n) is 18.5. The molecule has 1 spiro atoms. The molecule has 0 bridgehead atoms. The van der Waals surface area contributed by atoms with E-state index in [0.29, 0.717) is 54.8 Å². The number of likely N-dealkylation sites (tertiary alicyclic amines) is 1. The Morgan fingerprint density at radius 2 is 1.66 bits per heavy atom.